The van der Waals surface area contributed by atoms with E-state index in [-0.39, 0.29) is 6.54 Å². The molecule has 1 aromatic heterocycles. The molecule has 3 N–H and O–H groups in total. The van der Waals surface area contributed by atoms with Crippen LogP contribution >= 0.6 is 0 Å². The topological polar surface area (TPSA) is 114 Å². The minimum absolute atomic E-state index is 0.129. The molecule has 2 aromatic rings. The highest BCUT2D eigenvalue weighted by atomic mass is 16.6. The molecule has 1 saturated heterocycles. The van der Waals surface area contributed by atoms with Crippen LogP contribution in [0.15, 0.2) is 52.2 Å². The molecule has 0 saturated carbocycles. The molecule has 0 unspecified atom stereocenters. The average Bonchev–Trinajstić information content (AvgIpc) is 2.94. The van der Waals surface area contributed by atoms with E-state index in [1.54, 1.807) is 0 Å². The fourth-order valence-corrected chi connectivity index (χ4v) is 3.36. The van der Waals surface area contributed by atoms with Crippen LogP contribution in [-0.2, 0) is 16.7 Å². The lowest BCUT2D eigenvalue weighted by Gasteiger charge is -2.27. The minimum atomic E-state index is -1.40. The molecule has 146 valence electrons. The molecule has 8 nitrogen and oxygen atoms in total. The molecule has 8 heteroatoms. The molecule has 0 aliphatic carbocycles. The van der Waals surface area contributed by atoms with Crippen LogP contribution in [0.1, 0.15) is 25.6 Å². The first-order valence-corrected chi connectivity index (χ1v) is 8.76. The Morgan fingerprint density at radius 1 is 1.07 bits per heavy atom. The van der Waals surface area contributed by atoms with Gasteiger partial charge in [-0.15, -0.1) is 0 Å². The zero-order valence-electron chi connectivity index (χ0n) is 15.2. The van der Waals surface area contributed by atoms with Gasteiger partial charge in [0.15, 0.2) is 6.23 Å². The van der Waals surface area contributed by atoms with Crippen molar-refractivity contribution in [1.82, 2.24) is 9.13 Å². The third-order valence-corrected chi connectivity index (χ3v) is 5.00. The van der Waals surface area contributed by atoms with Crippen molar-refractivity contribution in [1.29, 1.82) is 0 Å². The van der Waals surface area contributed by atoms with Gasteiger partial charge >= 0.3 is 5.69 Å². The van der Waals surface area contributed by atoms with Crippen molar-refractivity contribution in [2.45, 2.75) is 50.3 Å². The van der Waals surface area contributed by atoms with Crippen LogP contribution in [0.2, 0.25) is 0 Å². The smallest absolute Gasteiger partial charge is 0.333 e. The zero-order valence-corrected chi connectivity index (χ0v) is 15.2. The molecule has 1 fully saturated rings. The summed E-state index contributed by atoms with van der Waals surface area (Å²) in [6.07, 6.45) is -3.67. The first-order chi connectivity index (χ1) is 12.8. The van der Waals surface area contributed by atoms with Crippen molar-refractivity contribution in [3.63, 3.8) is 0 Å². The molecule has 2 heterocycles. The maximum absolute atomic E-state index is 12.9. The summed E-state index contributed by atoms with van der Waals surface area (Å²) in [5.74, 6) is 0. The predicted molar refractivity (Wildman–Crippen MR) is 97.4 cm³/mol. The van der Waals surface area contributed by atoms with Gasteiger partial charge in [0.2, 0.25) is 0 Å². The van der Waals surface area contributed by atoms with Gasteiger partial charge in [-0.1, -0.05) is 44.2 Å². The largest absolute Gasteiger partial charge is 0.394 e. The maximum atomic E-state index is 12.9. The van der Waals surface area contributed by atoms with Crippen LogP contribution in [0, 0.1) is 0 Å². The summed E-state index contributed by atoms with van der Waals surface area (Å²) >= 11 is 0. The number of hydrogen-bond donors (Lipinski definition) is 3. The van der Waals surface area contributed by atoms with Crippen LogP contribution in [-0.4, -0.2) is 49.4 Å². The highest BCUT2D eigenvalue weighted by Gasteiger charge is 2.44. The highest BCUT2D eigenvalue weighted by molar-refractivity contribution is 5.23. The van der Waals surface area contributed by atoms with Gasteiger partial charge in [0, 0.05) is 24.2 Å². The van der Waals surface area contributed by atoms with E-state index in [1.165, 1.54) is 12.3 Å². The van der Waals surface area contributed by atoms with Gasteiger partial charge in [-0.25, -0.2) is 4.79 Å². The fourth-order valence-electron chi connectivity index (χ4n) is 3.36. The quantitative estimate of drug-likeness (QED) is 0.654. The monoisotopic (exact) mass is 376 g/mol. The van der Waals surface area contributed by atoms with Gasteiger partial charge in [0.25, 0.3) is 5.56 Å². The molecule has 27 heavy (non-hydrogen) atoms. The number of hydrogen-bond acceptors (Lipinski definition) is 6. The Kier molecular flexibility index (Phi) is 5.34. The molecule has 1 aliphatic heterocycles. The van der Waals surface area contributed by atoms with Crippen molar-refractivity contribution >= 4 is 0 Å². The summed E-state index contributed by atoms with van der Waals surface area (Å²) < 4.78 is 7.57. The van der Waals surface area contributed by atoms with Crippen molar-refractivity contribution in [2.75, 3.05) is 6.61 Å². The number of aliphatic hydroxyl groups excluding tert-OH is 3. The molecular formula is C19H24N2O6. The molecule has 0 spiro atoms. The standard InChI is InChI=1S/C19H24N2O6/c1-19(2,12-6-4-3-5-7-12)11-21-14(23)8-9-20(18(21)26)17-16(25)15(24)13(10-22)27-17/h3-9,13,15-17,22,24-25H,10-11H2,1-2H3/t13-,15-,16-,17-/m1/s1. The second-order valence-electron chi connectivity index (χ2n) is 7.41. The average molecular weight is 376 g/mol. The number of aliphatic hydroxyl groups is 3. The molecule has 0 bridgehead atoms. The lowest BCUT2D eigenvalue weighted by atomic mass is 9.84. The predicted octanol–water partition coefficient (Wildman–Crippen LogP) is -0.401. The van der Waals surface area contributed by atoms with E-state index >= 15 is 0 Å². The van der Waals surface area contributed by atoms with E-state index in [9.17, 15) is 24.9 Å². The summed E-state index contributed by atoms with van der Waals surface area (Å²) in [5, 5.41) is 29.3. The Labute approximate surface area is 155 Å². The molecule has 0 radical (unpaired) electrons. The minimum Gasteiger partial charge on any atom is -0.394 e. The number of aromatic nitrogens is 2. The van der Waals surface area contributed by atoms with Crippen LogP contribution in [0.3, 0.4) is 0 Å². The lowest BCUT2D eigenvalue weighted by molar-refractivity contribution is -0.0557. The maximum Gasteiger partial charge on any atom is 0.333 e. The Hall–Kier alpha value is -2.26. The van der Waals surface area contributed by atoms with Gasteiger partial charge in [-0.2, -0.15) is 0 Å². The van der Waals surface area contributed by atoms with E-state index in [0.29, 0.717) is 0 Å². The normalized spacial score (nSPS) is 25.7. The molecule has 1 aromatic carbocycles. The third-order valence-electron chi connectivity index (χ3n) is 5.00. The SMILES string of the molecule is CC(C)(Cn1c(=O)ccn([C@@H]2O[C@H](CO)[C@@H](O)[C@H]2O)c1=O)c1ccccc1. The Balaban J connectivity index is 1.98. The van der Waals surface area contributed by atoms with Gasteiger partial charge in [0.1, 0.15) is 18.3 Å². The van der Waals surface area contributed by atoms with Crippen LogP contribution in [0.25, 0.3) is 0 Å². The Bertz CT molecular complexity index is 904. The second kappa shape index (κ2) is 7.40. The summed E-state index contributed by atoms with van der Waals surface area (Å²) in [5.41, 5.74) is -0.640. The molecular weight excluding hydrogens is 352 g/mol. The van der Waals surface area contributed by atoms with E-state index < -0.39 is 47.8 Å². The Morgan fingerprint density at radius 3 is 2.33 bits per heavy atom. The molecule has 4 atom stereocenters. The van der Waals surface area contributed by atoms with Crippen molar-refractivity contribution in [3.8, 4) is 0 Å². The Morgan fingerprint density at radius 2 is 1.74 bits per heavy atom. The van der Waals surface area contributed by atoms with Gasteiger partial charge in [-0.05, 0) is 5.56 Å². The van der Waals surface area contributed by atoms with Crippen LogP contribution < -0.4 is 11.2 Å². The molecule has 1 aliphatic rings. The zero-order chi connectivity index (χ0) is 19.8. The van der Waals surface area contributed by atoms with Crippen molar-refractivity contribution in [2.24, 2.45) is 0 Å². The van der Waals surface area contributed by atoms with Gasteiger partial charge in [0.05, 0.1) is 6.61 Å². The van der Waals surface area contributed by atoms with E-state index in [0.717, 1.165) is 14.7 Å². The number of benzene rings is 1. The summed E-state index contributed by atoms with van der Waals surface area (Å²) in [6.45, 7) is 3.49. The van der Waals surface area contributed by atoms with Crippen molar-refractivity contribution in [3.05, 3.63) is 69.0 Å². The van der Waals surface area contributed by atoms with E-state index in [1.807, 2.05) is 44.2 Å². The number of nitrogens with zero attached hydrogens (tertiary/aromatic N) is 2. The summed E-state index contributed by atoms with van der Waals surface area (Å²) in [4.78, 5) is 25.3. The molecule has 0 amide bonds. The first-order valence-electron chi connectivity index (χ1n) is 8.76. The highest BCUT2D eigenvalue weighted by Crippen LogP contribution is 2.28. The third kappa shape index (κ3) is 3.61. The van der Waals surface area contributed by atoms with Crippen LogP contribution in [0.5, 0.6) is 0 Å². The number of ether oxygens (including phenoxy) is 1. The van der Waals surface area contributed by atoms with Gasteiger partial charge in [-0.3, -0.25) is 13.9 Å². The first kappa shape index (κ1) is 19.5. The lowest BCUT2D eigenvalue weighted by Crippen LogP contribution is -2.45. The van der Waals surface area contributed by atoms with E-state index in [4.69, 9.17) is 4.74 Å². The van der Waals surface area contributed by atoms with Crippen molar-refractivity contribution < 1.29 is 20.1 Å². The van der Waals surface area contributed by atoms with Gasteiger partial charge < -0.3 is 20.1 Å². The molecule has 3 rings (SSSR count). The summed E-state index contributed by atoms with van der Waals surface area (Å²) in [7, 11) is 0. The van der Waals surface area contributed by atoms with E-state index in [2.05, 4.69) is 0 Å². The summed E-state index contributed by atoms with van der Waals surface area (Å²) in [6, 6.07) is 10.8. The fraction of sp³-hybridized carbons (Fsp3) is 0.474. The number of rotatable bonds is 5. The second-order valence-corrected chi connectivity index (χ2v) is 7.41. The van der Waals surface area contributed by atoms with Crippen LogP contribution in [0.4, 0.5) is 0 Å².